The second-order valence-corrected chi connectivity index (χ2v) is 5.58. The average Bonchev–Trinajstić information content (AvgIpc) is 2.46. The highest BCUT2D eigenvalue weighted by Gasteiger charge is 2.46. The lowest BCUT2D eigenvalue weighted by Crippen LogP contribution is -2.45. The summed E-state index contributed by atoms with van der Waals surface area (Å²) >= 11 is 0. The molecule has 5 nitrogen and oxygen atoms in total. The van der Waals surface area contributed by atoms with Crippen LogP contribution >= 0.6 is 0 Å². The second kappa shape index (κ2) is 4.36. The Morgan fingerprint density at radius 1 is 1.14 bits per heavy atom. The Labute approximate surface area is 121 Å². The van der Waals surface area contributed by atoms with Crippen molar-refractivity contribution in [2.75, 3.05) is 7.11 Å². The largest absolute Gasteiger partial charge is 0.507 e. The number of phenolic OH excluding ortho intramolecular Hbond substituents is 2. The van der Waals surface area contributed by atoms with E-state index < -0.39 is 11.7 Å². The Morgan fingerprint density at radius 2 is 1.71 bits per heavy atom. The van der Waals surface area contributed by atoms with E-state index in [2.05, 4.69) is 0 Å². The van der Waals surface area contributed by atoms with Crippen LogP contribution in [0.15, 0.2) is 24.3 Å². The molecule has 0 unspecified atom stereocenters. The Hall–Kier alpha value is -2.27. The zero-order valence-corrected chi connectivity index (χ0v) is 12.0. The molecule has 1 atom stereocenters. The summed E-state index contributed by atoms with van der Waals surface area (Å²) in [7, 11) is 1.39. The van der Waals surface area contributed by atoms with Crippen LogP contribution in [0.1, 0.15) is 25.5 Å². The van der Waals surface area contributed by atoms with Crippen LogP contribution in [0.4, 0.5) is 0 Å². The van der Waals surface area contributed by atoms with E-state index in [0.29, 0.717) is 10.8 Å². The van der Waals surface area contributed by atoms with Gasteiger partial charge < -0.3 is 19.7 Å². The van der Waals surface area contributed by atoms with E-state index in [1.165, 1.54) is 7.11 Å². The molecule has 1 heterocycles. The maximum Gasteiger partial charge on any atom is 0.209 e. The maximum absolute atomic E-state index is 12.4. The number of aromatic hydroxyl groups is 2. The molecule has 3 rings (SSSR count). The van der Waals surface area contributed by atoms with Gasteiger partial charge in [0.2, 0.25) is 5.78 Å². The van der Waals surface area contributed by atoms with Gasteiger partial charge in [0.15, 0.2) is 23.2 Å². The fourth-order valence-electron chi connectivity index (χ4n) is 2.72. The molecule has 1 aliphatic heterocycles. The van der Waals surface area contributed by atoms with Gasteiger partial charge in [0.1, 0.15) is 5.75 Å². The lowest BCUT2D eigenvalue weighted by atomic mass is 9.87. The van der Waals surface area contributed by atoms with Crippen molar-refractivity contribution in [1.82, 2.24) is 0 Å². The first-order valence-electron chi connectivity index (χ1n) is 6.61. The lowest BCUT2D eigenvalue weighted by molar-refractivity contribution is -0.146. The molecular weight excluding hydrogens is 272 g/mol. The molecule has 5 heteroatoms. The van der Waals surface area contributed by atoms with Crippen molar-refractivity contribution in [2.45, 2.75) is 25.6 Å². The van der Waals surface area contributed by atoms with Crippen LogP contribution < -0.4 is 4.74 Å². The van der Waals surface area contributed by atoms with Crippen molar-refractivity contribution in [3.8, 4) is 17.2 Å². The zero-order chi connectivity index (χ0) is 15.4. The van der Waals surface area contributed by atoms with Crippen molar-refractivity contribution < 1.29 is 24.5 Å². The minimum absolute atomic E-state index is 0.0963. The predicted octanol–water partition coefficient (Wildman–Crippen LogP) is 2.68. The van der Waals surface area contributed by atoms with Gasteiger partial charge in [0.05, 0.1) is 5.56 Å². The monoisotopic (exact) mass is 288 g/mol. The topological polar surface area (TPSA) is 76.0 Å². The number of carbonyl (C=O) groups excluding carboxylic acids is 1. The quantitative estimate of drug-likeness (QED) is 0.789. The average molecular weight is 288 g/mol. The highest BCUT2D eigenvalue weighted by atomic mass is 16.5. The minimum Gasteiger partial charge on any atom is -0.507 e. The summed E-state index contributed by atoms with van der Waals surface area (Å²) in [4.78, 5) is 12.4. The van der Waals surface area contributed by atoms with Crippen LogP contribution in [0.3, 0.4) is 0 Å². The Morgan fingerprint density at radius 3 is 2.29 bits per heavy atom. The van der Waals surface area contributed by atoms with Gasteiger partial charge in [-0.3, -0.25) is 4.79 Å². The first-order valence-corrected chi connectivity index (χ1v) is 6.61. The maximum atomic E-state index is 12.4. The molecule has 0 radical (unpaired) electrons. The second-order valence-electron chi connectivity index (χ2n) is 5.58. The molecule has 2 N–H and O–H groups in total. The fraction of sp³-hybridized carbons (Fsp3) is 0.312. The number of rotatable bonds is 1. The van der Waals surface area contributed by atoms with Gasteiger partial charge in [-0.15, -0.1) is 0 Å². The van der Waals surface area contributed by atoms with Crippen molar-refractivity contribution in [1.29, 1.82) is 0 Å². The number of carbonyl (C=O) groups is 1. The molecule has 0 saturated heterocycles. The Balaban J connectivity index is 2.42. The Kier molecular flexibility index (Phi) is 2.85. The molecule has 0 saturated carbocycles. The smallest absolute Gasteiger partial charge is 0.209 e. The van der Waals surface area contributed by atoms with Crippen LogP contribution in [-0.4, -0.2) is 28.7 Å². The van der Waals surface area contributed by atoms with Crippen LogP contribution in [0.25, 0.3) is 10.8 Å². The lowest BCUT2D eigenvalue weighted by Gasteiger charge is -2.36. The van der Waals surface area contributed by atoms with Gasteiger partial charge in [-0.1, -0.05) is 24.3 Å². The number of hydrogen-bond donors (Lipinski definition) is 2. The number of fused-ring (bicyclic) bond motifs is 2. The van der Waals surface area contributed by atoms with Crippen LogP contribution in [0, 0.1) is 0 Å². The molecule has 1 aliphatic rings. The summed E-state index contributed by atoms with van der Waals surface area (Å²) in [5, 5.41) is 21.9. The van der Waals surface area contributed by atoms with Gasteiger partial charge >= 0.3 is 0 Å². The van der Waals surface area contributed by atoms with Crippen LogP contribution in [-0.2, 0) is 9.53 Å². The number of phenols is 2. The van der Waals surface area contributed by atoms with Crippen molar-refractivity contribution in [2.24, 2.45) is 0 Å². The summed E-state index contributed by atoms with van der Waals surface area (Å²) < 4.78 is 10.9. The molecular formula is C16H16O5. The normalized spacial score (nSPS) is 20.1. The molecule has 0 aromatic heterocycles. The third-order valence-electron chi connectivity index (χ3n) is 3.84. The number of Topliss-reactive ketones (excluding diaryl/α,β-unsaturated/α-hetero) is 1. The van der Waals surface area contributed by atoms with E-state index in [-0.39, 0.29) is 28.6 Å². The van der Waals surface area contributed by atoms with Gasteiger partial charge in [0.25, 0.3) is 0 Å². The molecule has 21 heavy (non-hydrogen) atoms. The number of methoxy groups -OCH3 is 1. The van der Waals surface area contributed by atoms with Crippen LogP contribution in [0.5, 0.6) is 17.2 Å². The highest BCUT2D eigenvalue weighted by Crippen LogP contribution is 2.52. The van der Waals surface area contributed by atoms with Gasteiger partial charge in [-0.05, 0) is 13.8 Å². The van der Waals surface area contributed by atoms with E-state index in [1.54, 1.807) is 38.1 Å². The molecule has 0 bridgehead atoms. The molecule has 0 fully saturated rings. The summed E-state index contributed by atoms with van der Waals surface area (Å²) in [6.45, 7) is 3.21. The summed E-state index contributed by atoms with van der Waals surface area (Å²) in [6, 6.07) is 6.84. The first kappa shape index (κ1) is 13.7. The molecule has 0 spiro atoms. The molecule has 2 aromatic rings. The zero-order valence-electron chi connectivity index (χ0n) is 12.0. The predicted molar refractivity (Wildman–Crippen MR) is 76.7 cm³/mol. The third-order valence-corrected chi connectivity index (χ3v) is 3.84. The molecule has 0 aliphatic carbocycles. The molecule has 110 valence electrons. The number of ketones is 1. The summed E-state index contributed by atoms with van der Waals surface area (Å²) in [5.74, 6) is -0.403. The van der Waals surface area contributed by atoms with E-state index in [0.717, 1.165) is 0 Å². The van der Waals surface area contributed by atoms with Crippen molar-refractivity contribution in [3.05, 3.63) is 29.8 Å². The van der Waals surface area contributed by atoms with Gasteiger partial charge in [0, 0.05) is 17.9 Å². The van der Waals surface area contributed by atoms with E-state index in [9.17, 15) is 15.0 Å². The van der Waals surface area contributed by atoms with Gasteiger partial charge in [-0.2, -0.15) is 0 Å². The summed E-state index contributed by atoms with van der Waals surface area (Å²) in [5.41, 5.74) is -0.960. The van der Waals surface area contributed by atoms with Crippen LogP contribution in [0.2, 0.25) is 0 Å². The van der Waals surface area contributed by atoms with Gasteiger partial charge in [-0.25, -0.2) is 0 Å². The van der Waals surface area contributed by atoms with Crippen molar-refractivity contribution >= 4 is 16.6 Å². The molecule has 0 amide bonds. The number of benzene rings is 2. The van der Waals surface area contributed by atoms with Crippen molar-refractivity contribution in [3.63, 3.8) is 0 Å². The number of hydrogen-bond acceptors (Lipinski definition) is 5. The Bertz CT molecular complexity index is 748. The van der Waals surface area contributed by atoms with E-state index in [1.807, 2.05) is 0 Å². The summed E-state index contributed by atoms with van der Waals surface area (Å²) in [6.07, 6.45) is -0.973. The standard InChI is InChI=1S/C16H16O5/c1-16(2)15(19)14(20-3)10-11(17)8-6-4-5-7-9(8)12(18)13(10)21-16/h4-7,14,17-18H,1-3H3/t14-/m0/s1. The van der Waals surface area contributed by atoms with E-state index in [4.69, 9.17) is 9.47 Å². The molecule has 2 aromatic carbocycles. The third kappa shape index (κ3) is 1.77. The highest BCUT2D eigenvalue weighted by molar-refractivity contribution is 6.02. The number of ether oxygens (including phenoxy) is 2. The first-order chi connectivity index (χ1) is 9.88. The minimum atomic E-state index is -1.14. The SMILES string of the molecule is CO[C@@H]1C(=O)C(C)(C)Oc2c1c(O)c1ccccc1c2O. The van der Waals surface area contributed by atoms with E-state index >= 15 is 0 Å². The fourth-order valence-corrected chi connectivity index (χ4v) is 2.72.